The molecule has 0 saturated carbocycles. The monoisotopic (exact) mass is 309 g/mol. The van der Waals surface area contributed by atoms with Gasteiger partial charge >= 0.3 is 5.97 Å². The molecule has 2 aromatic carbocycles. The summed E-state index contributed by atoms with van der Waals surface area (Å²) in [5.41, 5.74) is 1.31. The van der Waals surface area contributed by atoms with E-state index in [2.05, 4.69) is 54.4 Å². The molecule has 2 fully saturated rings. The first-order chi connectivity index (χ1) is 11.2. The molecule has 0 aliphatic carbocycles. The molecule has 2 heterocycles. The van der Waals surface area contributed by atoms with E-state index in [0.717, 1.165) is 12.8 Å². The smallest absolute Gasteiger partial charge is 0.310 e. The molecule has 2 aliphatic rings. The van der Waals surface area contributed by atoms with Gasteiger partial charge in [0.1, 0.15) is 0 Å². The topological polar surface area (TPSA) is 29.5 Å². The SMILES string of the molecule is COC(=O)[C@H]1[C@@H](c2cccc3ccccc23)CC2CC[C@H]1N2C. The van der Waals surface area contributed by atoms with Crippen molar-refractivity contribution < 1.29 is 9.53 Å². The predicted molar refractivity (Wildman–Crippen MR) is 91.4 cm³/mol. The van der Waals surface area contributed by atoms with Gasteiger partial charge in [0.25, 0.3) is 0 Å². The van der Waals surface area contributed by atoms with Crippen LogP contribution in [0.5, 0.6) is 0 Å². The Kier molecular flexibility index (Phi) is 3.61. The van der Waals surface area contributed by atoms with Crippen LogP contribution in [-0.2, 0) is 9.53 Å². The highest BCUT2D eigenvalue weighted by atomic mass is 16.5. The molecule has 0 N–H and O–H groups in total. The van der Waals surface area contributed by atoms with Crippen LogP contribution in [0, 0.1) is 5.92 Å². The Morgan fingerprint density at radius 3 is 2.74 bits per heavy atom. The zero-order chi connectivity index (χ0) is 16.0. The fourth-order valence-corrected chi connectivity index (χ4v) is 4.82. The molecule has 3 nitrogen and oxygen atoms in total. The molecule has 0 amide bonds. The molecule has 2 saturated heterocycles. The lowest BCUT2D eigenvalue weighted by atomic mass is 9.75. The van der Waals surface area contributed by atoms with Crippen LogP contribution in [0.1, 0.15) is 30.7 Å². The molecule has 0 radical (unpaired) electrons. The minimum Gasteiger partial charge on any atom is -0.469 e. The Labute approximate surface area is 137 Å². The molecular weight excluding hydrogens is 286 g/mol. The Hall–Kier alpha value is -1.87. The molecule has 120 valence electrons. The van der Waals surface area contributed by atoms with Crippen LogP contribution < -0.4 is 0 Å². The van der Waals surface area contributed by atoms with E-state index in [-0.39, 0.29) is 17.8 Å². The molecule has 0 spiro atoms. The van der Waals surface area contributed by atoms with Gasteiger partial charge in [-0.3, -0.25) is 9.69 Å². The van der Waals surface area contributed by atoms with Crippen LogP contribution in [-0.4, -0.2) is 37.1 Å². The largest absolute Gasteiger partial charge is 0.469 e. The number of hydrogen-bond acceptors (Lipinski definition) is 3. The highest BCUT2D eigenvalue weighted by molar-refractivity contribution is 5.87. The minimum atomic E-state index is -0.0606. The molecule has 2 aromatic rings. The molecule has 2 aliphatic heterocycles. The number of piperidine rings is 1. The van der Waals surface area contributed by atoms with E-state index in [4.69, 9.17) is 4.74 Å². The molecular formula is C20H23NO2. The molecule has 1 unspecified atom stereocenters. The van der Waals surface area contributed by atoms with Gasteiger partial charge < -0.3 is 4.74 Å². The van der Waals surface area contributed by atoms with Gasteiger partial charge in [-0.15, -0.1) is 0 Å². The summed E-state index contributed by atoms with van der Waals surface area (Å²) in [4.78, 5) is 15.0. The number of carbonyl (C=O) groups excluding carboxylic acids is 1. The number of rotatable bonds is 2. The summed E-state index contributed by atoms with van der Waals surface area (Å²) in [6.45, 7) is 0. The fraction of sp³-hybridized carbons (Fsp3) is 0.450. The van der Waals surface area contributed by atoms with E-state index in [0.29, 0.717) is 12.1 Å². The third kappa shape index (κ3) is 2.26. The summed E-state index contributed by atoms with van der Waals surface area (Å²) >= 11 is 0. The normalized spacial score (nSPS) is 30.5. The maximum absolute atomic E-state index is 12.6. The first-order valence-corrected chi connectivity index (χ1v) is 8.48. The molecule has 4 atom stereocenters. The van der Waals surface area contributed by atoms with Gasteiger partial charge in [-0.1, -0.05) is 42.5 Å². The third-order valence-corrected chi connectivity index (χ3v) is 5.96. The molecule has 0 aromatic heterocycles. The maximum Gasteiger partial charge on any atom is 0.310 e. The Morgan fingerprint density at radius 1 is 1.13 bits per heavy atom. The van der Waals surface area contributed by atoms with Gasteiger partial charge in [0.2, 0.25) is 0 Å². The summed E-state index contributed by atoms with van der Waals surface area (Å²) in [5.74, 6) is 0.136. The molecule has 23 heavy (non-hydrogen) atoms. The maximum atomic E-state index is 12.6. The number of fused-ring (bicyclic) bond motifs is 3. The number of hydrogen-bond donors (Lipinski definition) is 0. The Morgan fingerprint density at radius 2 is 1.91 bits per heavy atom. The second-order valence-corrected chi connectivity index (χ2v) is 6.92. The van der Waals surface area contributed by atoms with E-state index >= 15 is 0 Å². The lowest BCUT2D eigenvalue weighted by molar-refractivity contribution is -0.150. The number of carbonyl (C=O) groups is 1. The molecule has 4 rings (SSSR count). The van der Waals surface area contributed by atoms with Crippen LogP contribution in [0.15, 0.2) is 42.5 Å². The minimum absolute atomic E-state index is 0.0554. The quantitative estimate of drug-likeness (QED) is 0.794. The number of esters is 1. The van der Waals surface area contributed by atoms with Crippen LogP contribution in [0.25, 0.3) is 10.8 Å². The van der Waals surface area contributed by atoms with E-state index in [9.17, 15) is 4.79 Å². The van der Waals surface area contributed by atoms with E-state index in [1.807, 2.05) is 0 Å². The number of benzene rings is 2. The lowest BCUT2D eigenvalue weighted by Crippen LogP contribution is -2.49. The van der Waals surface area contributed by atoms with Crippen molar-refractivity contribution in [3.63, 3.8) is 0 Å². The fourth-order valence-electron chi connectivity index (χ4n) is 4.82. The number of methoxy groups -OCH3 is 1. The van der Waals surface area contributed by atoms with E-state index < -0.39 is 0 Å². The van der Waals surface area contributed by atoms with Crippen molar-refractivity contribution in [2.45, 2.75) is 37.3 Å². The highest BCUT2D eigenvalue weighted by Crippen LogP contribution is 2.47. The van der Waals surface area contributed by atoms with Gasteiger partial charge in [0.15, 0.2) is 0 Å². The average molecular weight is 309 g/mol. The summed E-state index contributed by atoms with van der Waals surface area (Å²) in [5, 5.41) is 2.53. The average Bonchev–Trinajstić information content (AvgIpc) is 2.83. The second-order valence-electron chi connectivity index (χ2n) is 6.92. The van der Waals surface area contributed by atoms with Crippen LogP contribution >= 0.6 is 0 Å². The molecule has 3 heteroatoms. The van der Waals surface area contributed by atoms with E-state index in [1.54, 1.807) is 0 Å². The summed E-state index contributed by atoms with van der Waals surface area (Å²) in [6, 6.07) is 15.9. The lowest BCUT2D eigenvalue weighted by Gasteiger charge is -2.42. The predicted octanol–water partition coefficient (Wildman–Crippen LogP) is 3.58. The zero-order valence-electron chi connectivity index (χ0n) is 13.7. The Balaban J connectivity index is 1.83. The summed E-state index contributed by atoms with van der Waals surface area (Å²) in [6.07, 6.45) is 3.33. The summed E-state index contributed by atoms with van der Waals surface area (Å²) in [7, 11) is 3.68. The van der Waals surface area contributed by atoms with Gasteiger partial charge in [0, 0.05) is 18.0 Å². The highest BCUT2D eigenvalue weighted by Gasteiger charge is 2.49. The van der Waals surface area contributed by atoms with Crippen molar-refractivity contribution in [2.24, 2.45) is 5.92 Å². The zero-order valence-corrected chi connectivity index (χ0v) is 13.7. The first kappa shape index (κ1) is 14.7. The number of ether oxygens (including phenoxy) is 1. The van der Waals surface area contributed by atoms with Crippen molar-refractivity contribution in [1.82, 2.24) is 4.90 Å². The second kappa shape index (κ2) is 5.64. The van der Waals surface area contributed by atoms with Crippen molar-refractivity contribution in [3.8, 4) is 0 Å². The summed E-state index contributed by atoms with van der Waals surface area (Å²) < 4.78 is 5.19. The van der Waals surface area contributed by atoms with Gasteiger partial charge in [-0.2, -0.15) is 0 Å². The van der Waals surface area contributed by atoms with Crippen molar-refractivity contribution in [3.05, 3.63) is 48.0 Å². The molecule has 2 bridgehead atoms. The van der Waals surface area contributed by atoms with Gasteiger partial charge in [0.05, 0.1) is 13.0 Å². The standard InChI is InChI=1S/C20H23NO2/c1-21-14-10-11-18(21)19(20(22)23-2)17(12-14)16-9-5-7-13-6-3-4-8-15(13)16/h3-9,14,17-19H,10-12H2,1-2H3/t14?,17-,18-,19+/m1/s1. The third-order valence-electron chi connectivity index (χ3n) is 5.96. The number of nitrogens with zero attached hydrogens (tertiary/aromatic N) is 1. The first-order valence-electron chi connectivity index (χ1n) is 8.48. The van der Waals surface area contributed by atoms with Crippen LogP contribution in [0.3, 0.4) is 0 Å². The van der Waals surface area contributed by atoms with Crippen LogP contribution in [0.2, 0.25) is 0 Å². The van der Waals surface area contributed by atoms with Gasteiger partial charge in [-0.25, -0.2) is 0 Å². The van der Waals surface area contributed by atoms with E-state index in [1.165, 1.54) is 29.9 Å². The van der Waals surface area contributed by atoms with Crippen LogP contribution in [0.4, 0.5) is 0 Å². The Bertz CT molecular complexity index is 736. The van der Waals surface area contributed by atoms with Crippen molar-refractivity contribution in [1.29, 1.82) is 0 Å². The van der Waals surface area contributed by atoms with Crippen molar-refractivity contribution in [2.75, 3.05) is 14.2 Å². The van der Waals surface area contributed by atoms with Crippen molar-refractivity contribution >= 4 is 16.7 Å². The van der Waals surface area contributed by atoms with Gasteiger partial charge in [-0.05, 0) is 42.6 Å².